The van der Waals surface area contributed by atoms with Gasteiger partial charge < -0.3 is 0 Å². The standard InChI is InChI=1S/C31H18N4/c1-2-6-21-17(5-1)11-18-14-24-19(13-23(18)21)12-20-15-27-26(16-25(20)24)22-7-3-10-33-30(22)35-28-8-4-9-32-29(28)34-31(27)35/h1-10,13-16H,11-12H2. The summed E-state index contributed by atoms with van der Waals surface area (Å²) in [6, 6.07) is 26.7. The zero-order valence-electron chi connectivity index (χ0n) is 18.8. The molecular formula is C31H18N4. The Bertz CT molecular complexity index is 2070. The number of benzene rings is 3. The summed E-state index contributed by atoms with van der Waals surface area (Å²) in [7, 11) is 0. The molecule has 3 aromatic carbocycles. The van der Waals surface area contributed by atoms with E-state index in [1.165, 1.54) is 49.9 Å². The van der Waals surface area contributed by atoms with Crippen LogP contribution in [0.5, 0.6) is 0 Å². The first-order valence-corrected chi connectivity index (χ1v) is 12.0. The zero-order valence-corrected chi connectivity index (χ0v) is 18.8. The molecule has 0 spiro atoms. The van der Waals surface area contributed by atoms with Crippen molar-refractivity contribution in [1.82, 2.24) is 19.4 Å². The van der Waals surface area contributed by atoms with E-state index >= 15 is 0 Å². The van der Waals surface area contributed by atoms with E-state index in [4.69, 9.17) is 9.97 Å². The Morgan fingerprint density at radius 3 is 2.23 bits per heavy atom. The van der Waals surface area contributed by atoms with E-state index in [0.717, 1.165) is 46.1 Å². The summed E-state index contributed by atoms with van der Waals surface area (Å²) in [5, 5.41) is 3.50. The number of imidazole rings is 1. The molecule has 2 aliphatic rings. The van der Waals surface area contributed by atoms with Crippen molar-refractivity contribution >= 4 is 38.6 Å². The molecule has 4 aromatic heterocycles. The average molecular weight is 447 g/mol. The molecule has 2 aliphatic carbocycles. The summed E-state index contributed by atoms with van der Waals surface area (Å²) in [5.41, 5.74) is 14.8. The molecule has 0 radical (unpaired) electrons. The van der Waals surface area contributed by atoms with Crippen LogP contribution in [-0.2, 0) is 12.8 Å². The van der Waals surface area contributed by atoms with Crippen molar-refractivity contribution in [3.05, 3.63) is 107 Å². The van der Waals surface area contributed by atoms with Gasteiger partial charge in [-0.1, -0.05) is 24.3 Å². The monoisotopic (exact) mass is 446 g/mol. The Balaban J connectivity index is 1.37. The van der Waals surface area contributed by atoms with Gasteiger partial charge in [-0.2, -0.15) is 0 Å². The summed E-state index contributed by atoms with van der Waals surface area (Å²) >= 11 is 0. The van der Waals surface area contributed by atoms with Crippen LogP contribution in [0.2, 0.25) is 0 Å². The Morgan fingerprint density at radius 1 is 0.543 bits per heavy atom. The van der Waals surface area contributed by atoms with Gasteiger partial charge in [0.1, 0.15) is 11.3 Å². The van der Waals surface area contributed by atoms with E-state index in [2.05, 4.69) is 70.0 Å². The zero-order chi connectivity index (χ0) is 22.7. The van der Waals surface area contributed by atoms with E-state index < -0.39 is 0 Å². The molecule has 0 saturated carbocycles. The van der Waals surface area contributed by atoms with Crippen molar-refractivity contribution in [2.45, 2.75) is 12.8 Å². The summed E-state index contributed by atoms with van der Waals surface area (Å²) < 4.78 is 2.17. The van der Waals surface area contributed by atoms with Gasteiger partial charge in [-0.15, -0.1) is 0 Å². The van der Waals surface area contributed by atoms with Crippen LogP contribution in [0.1, 0.15) is 22.3 Å². The maximum absolute atomic E-state index is 4.96. The quantitative estimate of drug-likeness (QED) is 0.243. The van der Waals surface area contributed by atoms with E-state index in [1.807, 2.05) is 18.3 Å². The van der Waals surface area contributed by atoms with Crippen molar-refractivity contribution < 1.29 is 0 Å². The van der Waals surface area contributed by atoms with Gasteiger partial charge in [-0.05, 0) is 111 Å². The maximum atomic E-state index is 4.96. The molecule has 0 fully saturated rings. The van der Waals surface area contributed by atoms with Gasteiger partial charge in [0.15, 0.2) is 5.65 Å². The topological polar surface area (TPSA) is 43.1 Å². The maximum Gasteiger partial charge on any atom is 0.178 e. The number of pyridine rings is 3. The van der Waals surface area contributed by atoms with Crippen LogP contribution in [0.3, 0.4) is 0 Å². The largest absolute Gasteiger partial charge is 0.274 e. The van der Waals surface area contributed by atoms with Crippen molar-refractivity contribution in [3.63, 3.8) is 0 Å². The van der Waals surface area contributed by atoms with E-state index in [-0.39, 0.29) is 0 Å². The number of hydrogen-bond acceptors (Lipinski definition) is 3. The third-order valence-corrected chi connectivity index (χ3v) is 7.89. The number of rotatable bonds is 0. The third-order valence-electron chi connectivity index (χ3n) is 7.89. The highest BCUT2D eigenvalue weighted by atomic mass is 15.1. The Hall–Kier alpha value is -4.57. The number of nitrogens with zero attached hydrogens (tertiary/aromatic N) is 4. The summed E-state index contributed by atoms with van der Waals surface area (Å²) in [5.74, 6) is 0. The lowest BCUT2D eigenvalue weighted by Gasteiger charge is -2.11. The van der Waals surface area contributed by atoms with Crippen molar-refractivity contribution in [3.8, 4) is 22.3 Å². The molecule has 4 nitrogen and oxygen atoms in total. The van der Waals surface area contributed by atoms with Crippen molar-refractivity contribution in [2.24, 2.45) is 0 Å². The minimum absolute atomic E-state index is 0.755. The van der Waals surface area contributed by atoms with Crippen molar-refractivity contribution in [1.29, 1.82) is 0 Å². The lowest BCUT2D eigenvalue weighted by Crippen LogP contribution is -1.95. The number of fused-ring (bicyclic) bond motifs is 14. The summed E-state index contributed by atoms with van der Waals surface area (Å²) in [6.45, 7) is 0. The molecule has 162 valence electrons. The third kappa shape index (κ3) is 2.20. The summed E-state index contributed by atoms with van der Waals surface area (Å²) in [4.78, 5) is 14.3. The van der Waals surface area contributed by atoms with Crippen LogP contribution in [0.25, 0.3) is 60.9 Å². The van der Waals surface area contributed by atoms with Gasteiger partial charge in [0.2, 0.25) is 0 Å². The van der Waals surface area contributed by atoms with Gasteiger partial charge in [0.05, 0.1) is 5.52 Å². The average Bonchev–Trinajstić information content (AvgIpc) is 3.57. The van der Waals surface area contributed by atoms with Crippen LogP contribution < -0.4 is 0 Å². The molecule has 0 bridgehead atoms. The Kier molecular flexibility index (Phi) is 3.11. The fraction of sp³-hybridized carbons (Fsp3) is 0.0645. The molecule has 0 aliphatic heterocycles. The van der Waals surface area contributed by atoms with E-state index in [0.29, 0.717) is 0 Å². The fourth-order valence-corrected chi connectivity index (χ4v) is 6.37. The van der Waals surface area contributed by atoms with Crippen LogP contribution >= 0.6 is 0 Å². The molecule has 9 rings (SSSR count). The van der Waals surface area contributed by atoms with E-state index in [1.54, 1.807) is 6.20 Å². The molecule has 0 amide bonds. The predicted octanol–water partition coefficient (Wildman–Crippen LogP) is 6.73. The predicted molar refractivity (Wildman–Crippen MR) is 140 cm³/mol. The minimum atomic E-state index is 0.755. The molecule has 0 unspecified atom stereocenters. The highest BCUT2D eigenvalue weighted by Crippen LogP contribution is 2.46. The number of aromatic nitrogens is 4. The van der Waals surface area contributed by atoms with Crippen LogP contribution in [-0.4, -0.2) is 19.4 Å². The lowest BCUT2D eigenvalue weighted by atomic mass is 9.96. The second kappa shape index (κ2) is 6.10. The van der Waals surface area contributed by atoms with Gasteiger partial charge in [-0.25, -0.2) is 15.0 Å². The van der Waals surface area contributed by atoms with Crippen LogP contribution in [0, 0.1) is 0 Å². The molecule has 35 heavy (non-hydrogen) atoms. The molecule has 0 saturated heterocycles. The normalized spacial score (nSPS) is 13.5. The minimum Gasteiger partial charge on any atom is -0.274 e. The first-order chi connectivity index (χ1) is 17.3. The van der Waals surface area contributed by atoms with Gasteiger partial charge in [0.25, 0.3) is 0 Å². The Labute approximate surface area is 200 Å². The highest BCUT2D eigenvalue weighted by molar-refractivity contribution is 6.14. The number of hydrogen-bond donors (Lipinski definition) is 0. The smallest absolute Gasteiger partial charge is 0.178 e. The highest BCUT2D eigenvalue weighted by Gasteiger charge is 2.26. The van der Waals surface area contributed by atoms with Crippen LogP contribution in [0.4, 0.5) is 0 Å². The first kappa shape index (κ1) is 17.8. The Morgan fingerprint density at radius 2 is 1.29 bits per heavy atom. The second-order valence-corrected chi connectivity index (χ2v) is 9.72. The molecule has 0 N–H and O–H groups in total. The first-order valence-electron chi connectivity index (χ1n) is 12.0. The van der Waals surface area contributed by atoms with Gasteiger partial charge in [0, 0.05) is 23.2 Å². The summed E-state index contributed by atoms with van der Waals surface area (Å²) in [6.07, 6.45) is 5.63. The molecular weight excluding hydrogens is 428 g/mol. The lowest BCUT2D eigenvalue weighted by molar-refractivity contribution is 1.23. The van der Waals surface area contributed by atoms with Crippen LogP contribution in [0.15, 0.2) is 85.2 Å². The fourth-order valence-electron chi connectivity index (χ4n) is 6.37. The van der Waals surface area contributed by atoms with Crippen molar-refractivity contribution in [2.75, 3.05) is 0 Å². The SMILES string of the molecule is c1ccc2c(c1)Cc1cc3c(cc1-2)Cc1cc2c(cc1-3)c1cccnc1n1c3cccnc3nc21. The molecule has 7 aromatic rings. The second-order valence-electron chi connectivity index (χ2n) is 9.72. The molecule has 4 heterocycles. The molecule has 4 heteroatoms. The van der Waals surface area contributed by atoms with Gasteiger partial charge in [-0.3, -0.25) is 4.40 Å². The van der Waals surface area contributed by atoms with E-state index in [9.17, 15) is 0 Å². The van der Waals surface area contributed by atoms with Gasteiger partial charge >= 0.3 is 0 Å². The molecule has 0 atom stereocenters.